The van der Waals surface area contributed by atoms with E-state index in [1.807, 2.05) is 17.0 Å². The van der Waals surface area contributed by atoms with Gasteiger partial charge in [0.1, 0.15) is 5.82 Å². The van der Waals surface area contributed by atoms with Gasteiger partial charge in [-0.3, -0.25) is 15.2 Å². The van der Waals surface area contributed by atoms with E-state index < -0.39 is 0 Å². The van der Waals surface area contributed by atoms with E-state index in [1.54, 1.807) is 6.20 Å². The van der Waals surface area contributed by atoms with Crippen molar-refractivity contribution >= 4 is 11.7 Å². The molecule has 0 unspecified atom stereocenters. The first kappa shape index (κ1) is 19.8. The minimum absolute atomic E-state index is 0.0627. The number of piperazine rings is 1. The van der Waals surface area contributed by atoms with Crippen molar-refractivity contribution in [2.75, 3.05) is 44.2 Å². The number of pyridine rings is 2. The lowest BCUT2D eigenvalue weighted by Gasteiger charge is -2.36. The summed E-state index contributed by atoms with van der Waals surface area (Å²) in [7, 11) is 0. The van der Waals surface area contributed by atoms with Crippen LogP contribution in [0.4, 0.5) is 5.82 Å². The third-order valence-corrected chi connectivity index (χ3v) is 5.86. The number of rotatable bonds is 4. The van der Waals surface area contributed by atoms with Gasteiger partial charge >= 0.3 is 0 Å². The van der Waals surface area contributed by atoms with Crippen molar-refractivity contribution in [3.05, 3.63) is 52.5 Å². The van der Waals surface area contributed by atoms with Crippen LogP contribution >= 0.6 is 0 Å². The van der Waals surface area contributed by atoms with E-state index in [-0.39, 0.29) is 5.91 Å². The van der Waals surface area contributed by atoms with Gasteiger partial charge in [-0.25, -0.2) is 9.99 Å². The molecule has 1 N–H and O–H groups in total. The maximum Gasteiger partial charge on any atom is 0.255 e. The van der Waals surface area contributed by atoms with Crippen LogP contribution in [-0.2, 0) is 6.54 Å². The second kappa shape index (κ2) is 8.47. The molecule has 0 aliphatic carbocycles. The molecule has 29 heavy (non-hydrogen) atoms. The first-order valence-corrected chi connectivity index (χ1v) is 10.4. The lowest BCUT2D eigenvalue weighted by Crippen LogP contribution is -2.49. The average molecular weight is 395 g/mol. The van der Waals surface area contributed by atoms with Gasteiger partial charge in [-0.2, -0.15) is 0 Å². The molecule has 2 aromatic heterocycles. The smallest absolute Gasteiger partial charge is 0.255 e. The van der Waals surface area contributed by atoms with Crippen molar-refractivity contribution in [2.24, 2.45) is 0 Å². The molecule has 4 heterocycles. The molecule has 2 aliphatic rings. The normalized spacial score (nSPS) is 17.8. The highest BCUT2D eigenvalue weighted by Gasteiger charge is 2.24. The first-order chi connectivity index (χ1) is 14.0. The van der Waals surface area contributed by atoms with Crippen LogP contribution in [-0.4, -0.2) is 65.1 Å². The van der Waals surface area contributed by atoms with E-state index in [0.29, 0.717) is 18.7 Å². The van der Waals surface area contributed by atoms with Gasteiger partial charge in [0.2, 0.25) is 0 Å². The Balaban J connectivity index is 1.36. The summed E-state index contributed by atoms with van der Waals surface area (Å²) in [5, 5.41) is 2.17. The standard InChI is InChI=1S/C22H30N6O/c1-16-13-17(2)21(25-18(16)3)26-9-11-27(12-10-26)22(29)19-5-6-20(23-14-19)15-28-8-4-7-24-28/h5-6,13-14,24H,4,7-12,15H2,1-3H3. The molecular weight excluding hydrogens is 364 g/mol. The molecule has 0 bridgehead atoms. The van der Waals surface area contributed by atoms with Gasteiger partial charge in [-0.1, -0.05) is 6.07 Å². The summed E-state index contributed by atoms with van der Waals surface area (Å²) in [6.45, 7) is 12.1. The molecule has 7 nitrogen and oxygen atoms in total. The van der Waals surface area contributed by atoms with E-state index in [9.17, 15) is 4.79 Å². The summed E-state index contributed by atoms with van der Waals surface area (Å²) in [5.74, 6) is 1.11. The molecule has 0 spiro atoms. The monoisotopic (exact) mass is 394 g/mol. The number of hydrogen-bond acceptors (Lipinski definition) is 6. The highest BCUT2D eigenvalue weighted by Crippen LogP contribution is 2.22. The Hall–Kier alpha value is -2.51. The van der Waals surface area contributed by atoms with Gasteiger partial charge in [-0.15, -0.1) is 0 Å². The number of hydrogen-bond donors (Lipinski definition) is 1. The third kappa shape index (κ3) is 4.41. The third-order valence-electron chi connectivity index (χ3n) is 5.86. The largest absolute Gasteiger partial charge is 0.353 e. The number of aromatic nitrogens is 2. The van der Waals surface area contributed by atoms with Crippen LogP contribution < -0.4 is 10.3 Å². The molecule has 2 fully saturated rings. The molecule has 1 amide bonds. The number of carbonyl (C=O) groups is 1. The van der Waals surface area contributed by atoms with Crippen molar-refractivity contribution in [3.63, 3.8) is 0 Å². The van der Waals surface area contributed by atoms with Crippen LogP contribution in [0.3, 0.4) is 0 Å². The highest BCUT2D eigenvalue weighted by atomic mass is 16.2. The first-order valence-electron chi connectivity index (χ1n) is 10.4. The Bertz CT molecular complexity index is 868. The van der Waals surface area contributed by atoms with E-state index in [2.05, 4.69) is 47.2 Å². The number of anilines is 1. The predicted octanol–water partition coefficient (Wildman–Crippen LogP) is 2.07. The summed E-state index contributed by atoms with van der Waals surface area (Å²) >= 11 is 0. The van der Waals surface area contributed by atoms with Gasteiger partial charge in [0.15, 0.2) is 0 Å². The number of aryl methyl sites for hydroxylation is 3. The zero-order valence-corrected chi connectivity index (χ0v) is 17.6. The second-order valence-corrected chi connectivity index (χ2v) is 8.03. The fourth-order valence-electron chi connectivity index (χ4n) is 4.01. The fraction of sp³-hybridized carbons (Fsp3) is 0.500. The lowest BCUT2D eigenvalue weighted by atomic mass is 10.1. The molecular formula is C22H30N6O. The lowest BCUT2D eigenvalue weighted by molar-refractivity contribution is 0.0746. The molecule has 7 heteroatoms. The molecule has 2 aromatic rings. The SMILES string of the molecule is Cc1cc(C)c(N2CCN(C(=O)c3ccc(CN4CCCN4)nc3)CC2)nc1C. The Labute approximate surface area is 172 Å². The number of nitrogens with zero attached hydrogens (tertiary/aromatic N) is 5. The molecule has 0 atom stereocenters. The predicted molar refractivity (Wildman–Crippen MR) is 114 cm³/mol. The summed E-state index contributed by atoms with van der Waals surface area (Å²) in [4.78, 5) is 26.4. The van der Waals surface area contributed by atoms with Gasteiger partial charge in [0.25, 0.3) is 5.91 Å². The quantitative estimate of drug-likeness (QED) is 0.857. The van der Waals surface area contributed by atoms with E-state index in [4.69, 9.17) is 4.98 Å². The zero-order chi connectivity index (χ0) is 20.4. The summed E-state index contributed by atoms with van der Waals surface area (Å²) < 4.78 is 0. The van der Waals surface area contributed by atoms with Crippen molar-refractivity contribution in [1.29, 1.82) is 0 Å². The Morgan fingerprint density at radius 2 is 1.86 bits per heavy atom. The van der Waals surface area contributed by atoms with Crippen molar-refractivity contribution in [2.45, 2.75) is 33.7 Å². The number of carbonyl (C=O) groups excluding carboxylic acids is 1. The molecule has 0 saturated carbocycles. The summed E-state index contributed by atoms with van der Waals surface area (Å²) in [6, 6.07) is 6.06. The van der Waals surface area contributed by atoms with Crippen molar-refractivity contribution in [3.8, 4) is 0 Å². The summed E-state index contributed by atoms with van der Waals surface area (Å²) in [5.41, 5.74) is 8.46. The molecule has 154 valence electrons. The van der Waals surface area contributed by atoms with E-state index in [1.165, 1.54) is 17.5 Å². The highest BCUT2D eigenvalue weighted by molar-refractivity contribution is 5.94. The van der Waals surface area contributed by atoms with Gasteiger partial charge in [0.05, 0.1) is 17.8 Å². The fourth-order valence-corrected chi connectivity index (χ4v) is 4.01. The van der Waals surface area contributed by atoms with E-state index in [0.717, 1.165) is 49.9 Å². The van der Waals surface area contributed by atoms with Gasteiger partial charge < -0.3 is 9.80 Å². The Morgan fingerprint density at radius 3 is 2.52 bits per heavy atom. The molecule has 0 radical (unpaired) electrons. The van der Waals surface area contributed by atoms with E-state index >= 15 is 0 Å². The van der Waals surface area contributed by atoms with Crippen LogP contribution in [0.2, 0.25) is 0 Å². The minimum Gasteiger partial charge on any atom is -0.353 e. The van der Waals surface area contributed by atoms with Crippen LogP contribution in [0.25, 0.3) is 0 Å². The number of amides is 1. The van der Waals surface area contributed by atoms with Crippen LogP contribution in [0.5, 0.6) is 0 Å². The number of nitrogens with one attached hydrogen (secondary N) is 1. The second-order valence-electron chi connectivity index (χ2n) is 8.03. The minimum atomic E-state index is 0.0627. The molecule has 0 aromatic carbocycles. The van der Waals surface area contributed by atoms with Gasteiger partial charge in [-0.05, 0) is 50.5 Å². The Kier molecular flexibility index (Phi) is 5.78. The molecule has 4 rings (SSSR count). The Morgan fingerprint density at radius 1 is 1.07 bits per heavy atom. The van der Waals surface area contributed by atoms with Crippen molar-refractivity contribution in [1.82, 2.24) is 25.3 Å². The molecule has 2 saturated heterocycles. The maximum absolute atomic E-state index is 12.9. The average Bonchev–Trinajstić information content (AvgIpc) is 3.24. The number of hydrazine groups is 1. The van der Waals surface area contributed by atoms with Crippen molar-refractivity contribution < 1.29 is 4.79 Å². The topological polar surface area (TPSA) is 64.6 Å². The van der Waals surface area contributed by atoms with Crippen LogP contribution in [0.15, 0.2) is 24.4 Å². The van der Waals surface area contributed by atoms with Gasteiger partial charge in [0, 0.05) is 51.2 Å². The zero-order valence-electron chi connectivity index (χ0n) is 17.6. The maximum atomic E-state index is 12.9. The summed E-state index contributed by atoms with van der Waals surface area (Å²) in [6.07, 6.45) is 2.88. The van der Waals surface area contributed by atoms with Crippen LogP contribution in [0, 0.1) is 20.8 Å². The van der Waals surface area contributed by atoms with Crippen LogP contribution in [0.1, 0.15) is 39.3 Å². The molecule has 2 aliphatic heterocycles.